The molecule has 1 N–H and O–H groups in total. The highest BCUT2D eigenvalue weighted by Gasteiger charge is 2.51. The highest BCUT2D eigenvalue weighted by Crippen LogP contribution is 2.48. The molecule has 1 aromatic heterocycles. The van der Waals surface area contributed by atoms with Gasteiger partial charge in [0.05, 0.1) is 7.11 Å². The Morgan fingerprint density at radius 2 is 2.17 bits per heavy atom. The summed E-state index contributed by atoms with van der Waals surface area (Å²) in [7, 11) is 1.66. The summed E-state index contributed by atoms with van der Waals surface area (Å²) in [6.45, 7) is 5.34. The van der Waals surface area contributed by atoms with Crippen molar-refractivity contribution < 1.29 is 9.53 Å². The normalized spacial score (nSPS) is 25.8. The van der Waals surface area contributed by atoms with Crippen molar-refractivity contribution in [3.05, 3.63) is 30.0 Å². The van der Waals surface area contributed by atoms with E-state index in [0.717, 1.165) is 23.2 Å². The van der Waals surface area contributed by atoms with Crippen LogP contribution in [0.15, 0.2) is 24.3 Å². The van der Waals surface area contributed by atoms with E-state index in [0.29, 0.717) is 17.5 Å². The van der Waals surface area contributed by atoms with Gasteiger partial charge in [0.1, 0.15) is 11.4 Å². The molecule has 1 aliphatic heterocycles. The first kappa shape index (κ1) is 14.6. The minimum absolute atomic E-state index is 0.0559. The summed E-state index contributed by atoms with van der Waals surface area (Å²) in [6, 6.07) is 7.78. The maximum Gasteiger partial charge on any atom is 0.270 e. The number of amides is 1. The highest BCUT2D eigenvalue weighted by atomic mass is 16.5. The van der Waals surface area contributed by atoms with Crippen LogP contribution in [0, 0.1) is 11.8 Å². The van der Waals surface area contributed by atoms with Gasteiger partial charge in [-0.05, 0) is 56.7 Å². The van der Waals surface area contributed by atoms with Gasteiger partial charge in [-0.25, -0.2) is 0 Å². The molecule has 4 heteroatoms. The quantitative estimate of drug-likeness (QED) is 0.916. The van der Waals surface area contributed by atoms with E-state index < -0.39 is 0 Å². The Hall–Kier alpha value is -1.97. The molecule has 2 aliphatic rings. The van der Waals surface area contributed by atoms with Crippen LogP contribution in [0.2, 0.25) is 0 Å². The molecule has 1 saturated carbocycles. The first-order valence-electron chi connectivity index (χ1n) is 8.50. The monoisotopic (exact) mass is 312 g/mol. The lowest BCUT2D eigenvalue weighted by atomic mass is 9.84. The number of hydrogen-bond donors (Lipinski definition) is 1. The number of aromatic nitrogens is 1. The summed E-state index contributed by atoms with van der Waals surface area (Å²) in [5.41, 5.74) is 1.56. The van der Waals surface area contributed by atoms with Crippen LogP contribution in [0.4, 0.5) is 0 Å². The second kappa shape index (κ2) is 5.02. The van der Waals surface area contributed by atoms with Crippen molar-refractivity contribution in [2.24, 2.45) is 11.8 Å². The van der Waals surface area contributed by atoms with Crippen LogP contribution in [-0.2, 0) is 0 Å². The van der Waals surface area contributed by atoms with Crippen molar-refractivity contribution in [3.8, 4) is 5.75 Å². The van der Waals surface area contributed by atoms with E-state index in [9.17, 15) is 4.79 Å². The van der Waals surface area contributed by atoms with Gasteiger partial charge in [0.15, 0.2) is 0 Å². The molecule has 1 aliphatic carbocycles. The Balaban J connectivity index is 1.70. The zero-order valence-corrected chi connectivity index (χ0v) is 14.1. The number of likely N-dealkylation sites (tertiary alicyclic amines) is 1. The number of H-pyrrole nitrogens is 1. The molecule has 2 aromatic rings. The lowest BCUT2D eigenvalue weighted by Gasteiger charge is -2.35. The minimum atomic E-state index is -0.0559. The van der Waals surface area contributed by atoms with Gasteiger partial charge in [-0.1, -0.05) is 12.5 Å². The molecule has 1 aromatic carbocycles. The maximum absolute atomic E-state index is 13.1. The zero-order valence-electron chi connectivity index (χ0n) is 14.1. The molecule has 1 amide bonds. The maximum atomic E-state index is 13.1. The molecule has 0 spiro atoms. The Labute approximate surface area is 136 Å². The topological polar surface area (TPSA) is 45.3 Å². The standard InChI is InChI=1S/C19H24N2O2/c1-19(2)14-7-4-6-12(14)11-21(19)18(22)16-10-13-15(20-16)8-5-9-17(13)23-3/h5,8-10,12,14,20H,4,6-7,11H2,1-3H3. The summed E-state index contributed by atoms with van der Waals surface area (Å²) >= 11 is 0. The second-order valence-corrected chi connectivity index (χ2v) is 7.47. The molecule has 0 radical (unpaired) electrons. The van der Waals surface area contributed by atoms with Gasteiger partial charge in [0, 0.05) is 23.0 Å². The third-order valence-corrected chi connectivity index (χ3v) is 6.00. The van der Waals surface area contributed by atoms with Gasteiger partial charge in [0.2, 0.25) is 0 Å². The summed E-state index contributed by atoms with van der Waals surface area (Å²) in [6.07, 6.45) is 3.82. The number of carbonyl (C=O) groups is 1. The Morgan fingerprint density at radius 3 is 2.91 bits per heavy atom. The average Bonchev–Trinajstić information content (AvgIpc) is 3.21. The highest BCUT2D eigenvalue weighted by molar-refractivity contribution is 6.00. The van der Waals surface area contributed by atoms with Crippen LogP contribution in [-0.4, -0.2) is 35.0 Å². The molecule has 2 unspecified atom stereocenters. The van der Waals surface area contributed by atoms with E-state index in [1.165, 1.54) is 19.3 Å². The van der Waals surface area contributed by atoms with E-state index in [4.69, 9.17) is 4.74 Å². The van der Waals surface area contributed by atoms with Crippen LogP contribution < -0.4 is 4.74 Å². The van der Waals surface area contributed by atoms with E-state index in [-0.39, 0.29) is 11.4 Å². The van der Waals surface area contributed by atoms with Crippen molar-refractivity contribution in [1.29, 1.82) is 0 Å². The van der Waals surface area contributed by atoms with Crippen molar-refractivity contribution in [2.75, 3.05) is 13.7 Å². The number of rotatable bonds is 2. The van der Waals surface area contributed by atoms with Gasteiger partial charge in [-0.15, -0.1) is 0 Å². The molecule has 23 heavy (non-hydrogen) atoms. The lowest BCUT2D eigenvalue weighted by Crippen LogP contribution is -2.46. The van der Waals surface area contributed by atoms with Crippen LogP contribution in [0.5, 0.6) is 5.75 Å². The first-order valence-corrected chi connectivity index (χ1v) is 8.50. The molecular weight excluding hydrogens is 288 g/mol. The first-order chi connectivity index (χ1) is 11.0. The predicted octanol–water partition coefficient (Wildman–Crippen LogP) is 3.83. The van der Waals surface area contributed by atoms with Crippen molar-refractivity contribution in [2.45, 2.75) is 38.6 Å². The number of hydrogen-bond acceptors (Lipinski definition) is 2. The van der Waals surface area contributed by atoms with Gasteiger partial charge < -0.3 is 14.6 Å². The number of aromatic amines is 1. The number of nitrogens with one attached hydrogen (secondary N) is 1. The van der Waals surface area contributed by atoms with Gasteiger partial charge in [-0.2, -0.15) is 0 Å². The van der Waals surface area contributed by atoms with Crippen molar-refractivity contribution >= 4 is 16.8 Å². The summed E-state index contributed by atoms with van der Waals surface area (Å²) in [5, 5.41) is 0.968. The van der Waals surface area contributed by atoms with Crippen LogP contribution >= 0.6 is 0 Å². The number of nitrogens with zero attached hydrogens (tertiary/aromatic N) is 1. The van der Waals surface area contributed by atoms with Crippen LogP contribution in [0.1, 0.15) is 43.6 Å². The SMILES string of the molecule is COc1cccc2[nH]c(C(=O)N3CC4CCCC4C3(C)C)cc12. The van der Waals surface area contributed by atoms with Gasteiger partial charge in [-0.3, -0.25) is 4.79 Å². The summed E-state index contributed by atoms with van der Waals surface area (Å²) in [4.78, 5) is 18.5. The largest absolute Gasteiger partial charge is 0.496 e. The molecule has 2 fully saturated rings. The number of methoxy groups -OCH3 is 1. The summed E-state index contributed by atoms with van der Waals surface area (Å²) < 4.78 is 5.40. The fraction of sp³-hybridized carbons (Fsp3) is 0.526. The van der Waals surface area contributed by atoms with Crippen LogP contribution in [0.3, 0.4) is 0 Å². The molecule has 1 saturated heterocycles. The molecule has 2 heterocycles. The van der Waals surface area contributed by atoms with Gasteiger partial charge >= 0.3 is 0 Å². The Bertz CT molecular complexity index is 762. The number of fused-ring (bicyclic) bond motifs is 2. The molecule has 2 atom stereocenters. The third-order valence-electron chi connectivity index (χ3n) is 6.00. The molecular formula is C19H24N2O2. The van der Waals surface area contributed by atoms with E-state index >= 15 is 0 Å². The molecule has 4 rings (SSSR count). The van der Waals surface area contributed by atoms with E-state index in [1.54, 1.807) is 7.11 Å². The number of ether oxygens (including phenoxy) is 1. The Kier molecular flexibility index (Phi) is 3.19. The second-order valence-electron chi connectivity index (χ2n) is 7.47. The van der Waals surface area contributed by atoms with E-state index in [1.807, 2.05) is 24.3 Å². The molecule has 0 bridgehead atoms. The molecule has 122 valence electrons. The number of benzene rings is 1. The summed E-state index contributed by atoms with van der Waals surface area (Å²) in [5.74, 6) is 2.23. The van der Waals surface area contributed by atoms with E-state index in [2.05, 4.69) is 23.7 Å². The Morgan fingerprint density at radius 1 is 1.35 bits per heavy atom. The average molecular weight is 312 g/mol. The predicted molar refractivity (Wildman–Crippen MR) is 90.8 cm³/mol. The van der Waals surface area contributed by atoms with Crippen molar-refractivity contribution in [3.63, 3.8) is 0 Å². The van der Waals surface area contributed by atoms with Gasteiger partial charge in [0.25, 0.3) is 5.91 Å². The fourth-order valence-electron chi connectivity index (χ4n) is 4.77. The number of carbonyl (C=O) groups excluding carboxylic acids is 1. The zero-order chi connectivity index (χ0) is 16.2. The third kappa shape index (κ3) is 2.07. The lowest BCUT2D eigenvalue weighted by molar-refractivity contribution is 0.0592. The molecule has 4 nitrogen and oxygen atoms in total. The van der Waals surface area contributed by atoms with Crippen LogP contribution in [0.25, 0.3) is 10.9 Å². The minimum Gasteiger partial charge on any atom is -0.496 e. The smallest absolute Gasteiger partial charge is 0.270 e. The fourth-order valence-corrected chi connectivity index (χ4v) is 4.77. The van der Waals surface area contributed by atoms with Crippen molar-refractivity contribution in [1.82, 2.24) is 9.88 Å².